The number of aromatic nitrogens is 2. The minimum Gasteiger partial charge on any atom is -0.378 e. The van der Waals surface area contributed by atoms with Gasteiger partial charge >= 0.3 is 0 Å². The van der Waals surface area contributed by atoms with Crippen LogP contribution in [0.1, 0.15) is 51.5 Å². The summed E-state index contributed by atoms with van der Waals surface area (Å²) in [6, 6.07) is 5.89. The van der Waals surface area contributed by atoms with E-state index in [1.807, 2.05) is 25.1 Å². The Balaban J connectivity index is 1.42. The van der Waals surface area contributed by atoms with Crippen LogP contribution >= 0.6 is 0 Å². The Labute approximate surface area is 166 Å². The van der Waals surface area contributed by atoms with Crippen molar-refractivity contribution in [3.05, 3.63) is 52.1 Å². The Morgan fingerprint density at radius 3 is 2.71 bits per heavy atom. The quantitative estimate of drug-likeness (QED) is 0.883. The van der Waals surface area contributed by atoms with Gasteiger partial charge in [0.15, 0.2) is 0 Å². The molecule has 1 saturated heterocycles. The molecule has 4 rings (SSSR count). The second-order valence-electron chi connectivity index (χ2n) is 7.64. The number of benzene rings is 1. The van der Waals surface area contributed by atoms with Crippen LogP contribution in [0.15, 0.2) is 18.2 Å². The highest BCUT2D eigenvalue weighted by molar-refractivity contribution is 5.94. The van der Waals surface area contributed by atoms with E-state index in [1.165, 1.54) is 24.1 Å². The molecule has 1 amide bonds. The summed E-state index contributed by atoms with van der Waals surface area (Å²) in [5, 5.41) is 2.98. The average Bonchev–Trinajstić information content (AvgIpc) is 2.72. The molecule has 2 heterocycles. The van der Waals surface area contributed by atoms with Crippen LogP contribution in [0.2, 0.25) is 0 Å². The number of hydrogen-bond acceptors (Lipinski definition) is 5. The average molecular weight is 380 g/mol. The zero-order valence-corrected chi connectivity index (χ0v) is 16.8. The van der Waals surface area contributed by atoms with Crippen molar-refractivity contribution < 1.29 is 9.53 Å². The predicted molar refractivity (Wildman–Crippen MR) is 109 cm³/mol. The Morgan fingerprint density at radius 1 is 1.14 bits per heavy atom. The molecular weight excluding hydrogens is 352 g/mol. The predicted octanol–water partition coefficient (Wildman–Crippen LogP) is 2.74. The summed E-state index contributed by atoms with van der Waals surface area (Å²) in [6.07, 6.45) is 4.49. The van der Waals surface area contributed by atoms with Crippen LogP contribution in [0.3, 0.4) is 0 Å². The highest BCUT2D eigenvalue weighted by Crippen LogP contribution is 2.23. The lowest BCUT2D eigenvalue weighted by atomic mass is 9.95. The van der Waals surface area contributed by atoms with Crippen molar-refractivity contribution in [1.29, 1.82) is 0 Å². The number of morpholine rings is 1. The lowest BCUT2D eigenvalue weighted by molar-refractivity contribution is 0.0949. The first-order valence-electron chi connectivity index (χ1n) is 10.2. The van der Waals surface area contributed by atoms with Crippen molar-refractivity contribution in [2.75, 3.05) is 31.2 Å². The van der Waals surface area contributed by atoms with Crippen LogP contribution in [0.4, 0.5) is 5.69 Å². The molecule has 0 bridgehead atoms. The number of amides is 1. The standard InChI is InChI=1S/C22H28N4O2/c1-15-13-17(7-8-20(15)26-9-11-28-12-10-26)22(27)23-14-21-24-16(2)18-5-3-4-6-19(18)25-21/h7-8,13H,3-6,9-12,14H2,1-2H3,(H,23,27). The van der Waals surface area contributed by atoms with Gasteiger partial charge < -0.3 is 15.0 Å². The van der Waals surface area contributed by atoms with Crippen LogP contribution in [0, 0.1) is 13.8 Å². The van der Waals surface area contributed by atoms with Crippen molar-refractivity contribution in [2.45, 2.75) is 46.1 Å². The molecule has 0 spiro atoms. The summed E-state index contributed by atoms with van der Waals surface area (Å²) in [5.74, 6) is 0.615. The van der Waals surface area contributed by atoms with Crippen LogP contribution in [0.5, 0.6) is 0 Å². The first-order valence-corrected chi connectivity index (χ1v) is 10.2. The molecule has 0 saturated carbocycles. The zero-order chi connectivity index (χ0) is 19.5. The second kappa shape index (κ2) is 8.27. The van der Waals surface area contributed by atoms with Crippen LogP contribution in [-0.2, 0) is 24.1 Å². The third kappa shape index (κ3) is 4.02. The van der Waals surface area contributed by atoms with Crippen LogP contribution < -0.4 is 10.2 Å². The number of ether oxygens (including phenoxy) is 1. The number of rotatable bonds is 4. The highest BCUT2D eigenvalue weighted by Gasteiger charge is 2.17. The van der Waals surface area contributed by atoms with Gasteiger partial charge in [0.1, 0.15) is 5.82 Å². The van der Waals surface area contributed by atoms with Crippen molar-refractivity contribution in [3.63, 3.8) is 0 Å². The van der Waals surface area contributed by atoms with Crippen molar-refractivity contribution in [2.24, 2.45) is 0 Å². The molecule has 28 heavy (non-hydrogen) atoms. The molecule has 1 aromatic carbocycles. The topological polar surface area (TPSA) is 67.4 Å². The fourth-order valence-corrected chi connectivity index (χ4v) is 4.14. The van der Waals surface area contributed by atoms with E-state index < -0.39 is 0 Å². The molecule has 1 aliphatic carbocycles. The number of fused-ring (bicyclic) bond motifs is 1. The first-order chi connectivity index (χ1) is 13.6. The summed E-state index contributed by atoms with van der Waals surface area (Å²) < 4.78 is 5.42. The Bertz CT molecular complexity index is 875. The number of carbonyl (C=O) groups is 1. The van der Waals surface area contributed by atoms with Crippen LogP contribution in [-0.4, -0.2) is 42.2 Å². The molecule has 2 aromatic rings. The number of nitrogens with one attached hydrogen (secondary N) is 1. The monoisotopic (exact) mass is 380 g/mol. The van der Waals surface area contributed by atoms with Crippen molar-refractivity contribution in [1.82, 2.24) is 15.3 Å². The van der Waals surface area contributed by atoms with Gasteiger partial charge in [0.25, 0.3) is 5.91 Å². The number of carbonyl (C=O) groups excluding carboxylic acids is 1. The molecule has 6 nitrogen and oxygen atoms in total. The molecule has 148 valence electrons. The van der Waals surface area contributed by atoms with Gasteiger partial charge in [0.05, 0.1) is 19.8 Å². The number of hydrogen-bond donors (Lipinski definition) is 1. The maximum atomic E-state index is 12.6. The van der Waals surface area contributed by atoms with E-state index in [1.54, 1.807) is 0 Å². The molecule has 1 fully saturated rings. The molecule has 0 radical (unpaired) electrons. The van der Waals surface area contributed by atoms with Gasteiger partial charge in [-0.2, -0.15) is 0 Å². The van der Waals surface area contributed by atoms with Gasteiger partial charge in [0, 0.05) is 35.7 Å². The van der Waals surface area contributed by atoms with Crippen molar-refractivity contribution in [3.8, 4) is 0 Å². The van der Waals surface area contributed by atoms with Gasteiger partial charge in [-0.3, -0.25) is 4.79 Å². The van der Waals surface area contributed by atoms with E-state index in [-0.39, 0.29) is 5.91 Å². The van der Waals surface area contributed by atoms with Crippen LogP contribution in [0.25, 0.3) is 0 Å². The SMILES string of the molecule is Cc1cc(C(=O)NCc2nc(C)c3c(n2)CCCC3)ccc1N1CCOCC1. The fourth-order valence-electron chi connectivity index (χ4n) is 4.14. The Kier molecular flexibility index (Phi) is 5.57. The van der Waals surface area contributed by atoms with Crippen molar-refractivity contribution >= 4 is 11.6 Å². The summed E-state index contributed by atoms with van der Waals surface area (Å²) in [4.78, 5) is 24.2. The van der Waals surface area contributed by atoms with E-state index in [2.05, 4.69) is 27.1 Å². The summed E-state index contributed by atoms with van der Waals surface area (Å²) in [6.45, 7) is 7.74. The fraction of sp³-hybridized carbons (Fsp3) is 0.500. The lowest BCUT2D eigenvalue weighted by Gasteiger charge is -2.30. The Morgan fingerprint density at radius 2 is 1.93 bits per heavy atom. The van der Waals surface area contributed by atoms with Gasteiger partial charge in [-0.25, -0.2) is 9.97 Å². The third-order valence-corrected chi connectivity index (χ3v) is 5.65. The summed E-state index contributed by atoms with van der Waals surface area (Å²) >= 11 is 0. The van der Waals surface area contributed by atoms with E-state index in [4.69, 9.17) is 4.74 Å². The second-order valence-corrected chi connectivity index (χ2v) is 7.64. The third-order valence-electron chi connectivity index (χ3n) is 5.65. The number of nitrogens with zero attached hydrogens (tertiary/aromatic N) is 3. The van der Waals surface area contributed by atoms with E-state index in [9.17, 15) is 4.79 Å². The van der Waals surface area contributed by atoms with Gasteiger partial charge in [-0.05, 0) is 68.9 Å². The maximum absolute atomic E-state index is 12.6. The molecule has 1 aromatic heterocycles. The first kappa shape index (κ1) is 18.9. The largest absolute Gasteiger partial charge is 0.378 e. The molecular formula is C22H28N4O2. The number of aryl methyl sites for hydroxylation is 3. The molecule has 0 unspecified atom stereocenters. The van der Waals surface area contributed by atoms with Gasteiger partial charge in [-0.15, -0.1) is 0 Å². The minimum absolute atomic E-state index is 0.0874. The minimum atomic E-state index is -0.0874. The van der Waals surface area contributed by atoms with E-state index in [0.29, 0.717) is 17.9 Å². The van der Waals surface area contributed by atoms with E-state index in [0.717, 1.165) is 56.1 Å². The molecule has 1 aliphatic heterocycles. The molecule has 6 heteroatoms. The summed E-state index contributed by atoms with van der Waals surface area (Å²) in [7, 11) is 0. The van der Waals surface area contributed by atoms with E-state index >= 15 is 0 Å². The summed E-state index contributed by atoms with van der Waals surface area (Å²) in [5.41, 5.74) is 6.47. The molecule has 2 aliphatic rings. The highest BCUT2D eigenvalue weighted by atomic mass is 16.5. The number of anilines is 1. The lowest BCUT2D eigenvalue weighted by Crippen LogP contribution is -2.36. The Hall–Kier alpha value is -2.47. The molecule has 1 N–H and O–H groups in total. The normalized spacial score (nSPS) is 16.6. The zero-order valence-electron chi connectivity index (χ0n) is 16.8. The maximum Gasteiger partial charge on any atom is 0.251 e. The van der Waals surface area contributed by atoms with Gasteiger partial charge in [-0.1, -0.05) is 0 Å². The molecule has 0 atom stereocenters. The van der Waals surface area contributed by atoms with Gasteiger partial charge in [0.2, 0.25) is 0 Å². The smallest absolute Gasteiger partial charge is 0.251 e.